The summed E-state index contributed by atoms with van der Waals surface area (Å²) >= 11 is 2.04. The zero-order chi connectivity index (χ0) is 18.4. The number of nitrogen functional groups attached to an aromatic ring is 1. The quantitative estimate of drug-likeness (QED) is 0.551. The number of hydrogen-bond donors (Lipinski definition) is 3. The van der Waals surface area contributed by atoms with E-state index >= 15 is 0 Å². The molecule has 1 saturated heterocycles. The van der Waals surface area contributed by atoms with Gasteiger partial charge in [0.15, 0.2) is 5.82 Å². The third kappa shape index (κ3) is 4.90. The number of fused-ring (bicyclic) bond motifs is 1. The van der Waals surface area contributed by atoms with Gasteiger partial charge >= 0.3 is 0 Å². The second-order valence-corrected chi connectivity index (χ2v) is 8.50. The van der Waals surface area contributed by atoms with Crippen LogP contribution in [0.15, 0.2) is 12.5 Å². The van der Waals surface area contributed by atoms with Crippen LogP contribution in [0, 0.1) is 5.92 Å². The first-order valence-electron chi connectivity index (χ1n) is 9.73. The van der Waals surface area contributed by atoms with Crippen LogP contribution in [0.3, 0.4) is 0 Å². The number of nitrogens with zero attached hydrogens (tertiary/aromatic N) is 3. The van der Waals surface area contributed by atoms with Crippen LogP contribution in [0.25, 0.3) is 11.0 Å². The average molecular weight is 378 g/mol. The molecule has 0 aliphatic carbocycles. The normalized spacial score (nSPS) is 21.0. The maximum atomic E-state index is 10.4. The molecule has 2 aromatic rings. The van der Waals surface area contributed by atoms with Crippen molar-refractivity contribution >= 4 is 28.6 Å². The number of aliphatic hydroxyl groups excluding tert-OH is 1. The number of thioether (sulfide) groups is 1. The Bertz CT molecular complexity index is 692. The van der Waals surface area contributed by atoms with E-state index in [4.69, 9.17) is 5.73 Å². The molecule has 0 bridgehead atoms. The van der Waals surface area contributed by atoms with Crippen LogP contribution in [0.2, 0.25) is 0 Å². The summed E-state index contributed by atoms with van der Waals surface area (Å²) in [6, 6.07) is 0. The van der Waals surface area contributed by atoms with Crippen LogP contribution >= 0.6 is 11.8 Å². The molecule has 0 radical (unpaired) electrons. The number of aromatic amines is 1. The molecule has 6 nitrogen and oxygen atoms in total. The highest BCUT2D eigenvalue weighted by molar-refractivity contribution is 7.99. The molecule has 7 heteroatoms. The maximum Gasteiger partial charge on any atom is 0.151 e. The van der Waals surface area contributed by atoms with E-state index in [1.165, 1.54) is 37.8 Å². The van der Waals surface area contributed by atoms with Crippen molar-refractivity contribution in [3.63, 3.8) is 0 Å². The second-order valence-electron chi connectivity index (χ2n) is 7.28. The van der Waals surface area contributed by atoms with E-state index in [-0.39, 0.29) is 6.10 Å². The first-order chi connectivity index (χ1) is 12.7. The van der Waals surface area contributed by atoms with Gasteiger partial charge in [0.05, 0.1) is 11.6 Å². The molecule has 1 aliphatic heterocycles. The summed E-state index contributed by atoms with van der Waals surface area (Å²) in [6.45, 7) is 4.72. The first kappa shape index (κ1) is 19.5. The highest BCUT2D eigenvalue weighted by Gasteiger charge is 2.31. The van der Waals surface area contributed by atoms with Crippen molar-refractivity contribution in [2.75, 3.05) is 30.3 Å². The molecule has 1 fully saturated rings. The Morgan fingerprint density at radius 2 is 2.15 bits per heavy atom. The maximum absolute atomic E-state index is 10.4. The standard InChI is InChI=1S/C19H31N5OS/c1-2-3-4-5-7-26-8-6-14-10-24(12-16(14)25)11-15-9-21-18-17(15)22-13-23-19(18)20/h9,13-14,16,21,25H,2-8,10-12H2,1H3,(H2,20,22,23). The lowest BCUT2D eigenvalue weighted by molar-refractivity contribution is 0.140. The van der Waals surface area contributed by atoms with Gasteiger partial charge in [0.25, 0.3) is 0 Å². The zero-order valence-electron chi connectivity index (χ0n) is 15.7. The van der Waals surface area contributed by atoms with E-state index in [0.717, 1.165) is 48.4 Å². The topological polar surface area (TPSA) is 91.1 Å². The SMILES string of the molecule is CCCCCCSCCC1CN(Cc2c[nH]c3c(N)ncnc23)CC1O. The largest absolute Gasteiger partial charge is 0.391 e. The number of anilines is 1. The Balaban J connectivity index is 1.44. The van der Waals surface area contributed by atoms with Gasteiger partial charge in [0, 0.05) is 31.4 Å². The number of aliphatic hydroxyl groups is 1. The van der Waals surface area contributed by atoms with Crippen molar-refractivity contribution in [1.29, 1.82) is 0 Å². The Labute approximate surface area is 160 Å². The molecule has 2 atom stereocenters. The Morgan fingerprint density at radius 3 is 3.00 bits per heavy atom. The van der Waals surface area contributed by atoms with E-state index in [9.17, 15) is 5.11 Å². The van der Waals surface area contributed by atoms with Crippen LogP contribution in [0.5, 0.6) is 0 Å². The van der Waals surface area contributed by atoms with Gasteiger partial charge in [-0.25, -0.2) is 9.97 Å². The minimum absolute atomic E-state index is 0.222. The summed E-state index contributed by atoms with van der Waals surface area (Å²) in [5.74, 6) is 3.27. The minimum Gasteiger partial charge on any atom is -0.391 e. The molecule has 144 valence electrons. The number of H-pyrrole nitrogens is 1. The number of unbranched alkanes of at least 4 members (excludes halogenated alkanes) is 3. The second kappa shape index (κ2) is 9.58. The van der Waals surface area contributed by atoms with Gasteiger partial charge in [0.1, 0.15) is 11.8 Å². The van der Waals surface area contributed by atoms with Crippen molar-refractivity contribution in [2.24, 2.45) is 5.92 Å². The van der Waals surface area contributed by atoms with E-state index < -0.39 is 0 Å². The van der Waals surface area contributed by atoms with Gasteiger partial charge in [-0.05, 0) is 30.3 Å². The molecule has 0 spiro atoms. The van der Waals surface area contributed by atoms with Gasteiger partial charge < -0.3 is 15.8 Å². The number of nitrogens with two attached hydrogens (primary N) is 1. The Morgan fingerprint density at radius 1 is 1.27 bits per heavy atom. The third-order valence-electron chi connectivity index (χ3n) is 5.22. The fourth-order valence-corrected chi connectivity index (χ4v) is 4.78. The van der Waals surface area contributed by atoms with Gasteiger partial charge in [-0.2, -0.15) is 11.8 Å². The van der Waals surface area contributed by atoms with Crippen LogP contribution < -0.4 is 5.73 Å². The first-order valence-corrected chi connectivity index (χ1v) is 10.9. The summed E-state index contributed by atoms with van der Waals surface area (Å²) in [5.41, 5.74) is 8.70. The molecular weight excluding hydrogens is 346 g/mol. The van der Waals surface area contributed by atoms with Gasteiger partial charge in [-0.15, -0.1) is 0 Å². The smallest absolute Gasteiger partial charge is 0.151 e. The fourth-order valence-electron chi connectivity index (χ4n) is 3.70. The van der Waals surface area contributed by atoms with E-state index in [2.05, 4.69) is 26.8 Å². The Hall–Kier alpha value is -1.31. The lowest BCUT2D eigenvalue weighted by atomic mass is 10.0. The molecule has 0 amide bonds. The molecule has 3 heterocycles. The van der Waals surface area contributed by atoms with E-state index in [0.29, 0.717) is 11.7 Å². The molecule has 1 aliphatic rings. The monoisotopic (exact) mass is 377 g/mol. The summed E-state index contributed by atoms with van der Waals surface area (Å²) in [7, 11) is 0. The van der Waals surface area contributed by atoms with Crippen LogP contribution in [0.1, 0.15) is 44.6 Å². The minimum atomic E-state index is -0.222. The predicted octanol–water partition coefficient (Wildman–Crippen LogP) is 3.04. The number of rotatable bonds is 10. The summed E-state index contributed by atoms with van der Waals surface area (Å²) in [4.78, 5) is 13.9. The third-order valence-corrected chi connectivity index (χ3v) is 6.32. The Kier molecular flexibility index (Phi) is 7.16. The highest BCUT2D eigenvalue weighted by Crippen LogP contribution is 2.26. The van der Waals surface area contributed by atoms with Crippen molar-refractivity contribution in [1.82, 2.24) is 19.9 Å². The number of hydrogen-bond acceptors (Lipinski definition) is 6. The zero-order valence-corrected chi connectivity index (χ0v) is 16.5. The van der Waals surface area contributed by atoms with Crippen molar-refractivity contribution in [2.45, 2.75) is 51.7 Å². The molecule has 26 heavy (non-hydrogen) atoms. The van der Waals surface area contributed by atoms with Crippen molar-refractivity contribution in [3.05, 3.63) is 18.1 Å². The number of aromatic nitrogens is 3. The number of β-amino-alcohol motifs (C(OH)–C–C–N with tert-alkyl or cyclic N) is 1. The highest BCUT2D eigenvalue weighted by atomic mass is 32.2. The number of likely N-dealkylation sites (tertiary alicyclic amines) is 1. The van der Waals surface area contributed by atoms with Crippen molar-refractivity contribution < 1.29 is 5.11 Å². The summed E-state index contributed by atoms with van der Waals surface area (Å²) in [5, 5.41) is 10.4. The molecule has 0 saturated carbocycles. The number of nitrogens with one attached hydrogen (secondary N) is 1. The molecule has 4 N–H and O–H groups in total. The summed E-state index contributed by atoms with van der Waals surface area (Å²) < 4.78 is 0. The molecule has 2 unspecified atom stereocenters. The van der Waals surface area contributed by atoms with Gasteiger partial charge in [-0.1, -0.05) is 26.2 Å². The molecule has 2 aromatic heterocycles. The van der Waals surface area contributed by atoms with Crippen molar-refractivity contribution in [3.8, 4) is 0 Å². The van der Waals surface area contributed by atoms with Crippen LogP contribution in [-0.2, 0) is 6.54 Å². The predicted molar refractivity (Wildman–Crippen MR) is 109 cm³/mol. The molecule has 0 aromatic carbocycles. The molecule has 3 rings (SSSR count). The van der Waals surface area contributed by atoms with Crippen LogP contribution in [-0.4, -0.2) is 55.7 Å². The average Bonchev–Trinajstić information content (AvgIpc) is 3.19. The van der Waals surface area contributed by atoms with E-state index in [1.807, 2.05) is 18.0 Å². The fraction of sp³-hybridized carbons (Fsp3) is 0.684. The lowest BCUT2D eigenvalue weighted by Gasteiger charge is -2.15. The summed E-state index contributed by atoms with van der Waals surface area (Å²) in [6.07, 6.45) is 9.66. The molecular formula is C19H31N5OS. The van der Waals surface area contributed by atoms with Gasteiger partial charge in [-0.3, -0.25) is 4.90 Å². The van der Waals surface area contributed by atoms with Gasteiger partial charge in [0.2, 0.25) is 0 Å². The lowest BCUT2D eigenvalue weighted by Crippen LogP contribution is -2.21. The van der Waals surface area contributed by atoms with Crippen LogP contribution in [0.4, 0.5) is 5.82 Å². The van der Waals surface area contributed by atoms with E-state index in [1.54, 1.807) is 0 Å².